The number of carbonyl (C=O) groups is 1. The molecule has 0 aliphatic carbocycles. The maximum Gasteiger partial charge on any atom is 0.332 e. The molecule has 0 spiro atoms. The first-order chi connectivity index (χ1) is 13.2. The topological polar surface area (TPSA) is 83.3 Å². The van der Waals surface area contributed by atoms with Gasteiger partial charge >= 0.3 is 5.69 Å². The Morgan fingerprint density at radius 3 is 2.61 bits per heavy atom. The lowest BCUT2D eigenvalue weighted by Crippen LogP contribution is -2.40. The monoisotopic (exact) mass is 399 g/mol. The number of nitrogens with zero attached hydrogens (tertiary/aromatic N) is 5. The molecule has 144 valence electrons. The van der Waals surface area contributed by atoms with E-state index in [1.807, 2.05) is 36.6 Å². The number of imidazole rings is 2. The predicted octanol–water partition coefficient (Wildman–Crippen LogP) is 2.00. The van der Waals surface area contributed by atoms with E-state index in [-0.39, 0.29) is 23.5 Å². The van der Waals surface area contributed by atoms with Gasteiger partial charge in [-0.25, -0.2) is 4.79 Å². The summed E-state index contributed by atoms with van der Waals surface area (Å²) in [4.78, 5) is 41.7. The van der Waals surface area contributed by atoms with Crippen molar-refractivity contribution in [3.63, 3.8) is 0 Å². The number of benzene rings is 1. The highest BCUT2D eigenvalue weighted by molar-refractivity contribution is 6.31. The van der Waals surface area contributed by atoms with Crippen LogP contribution in [-0.4, -0.2) is 28.9 Å². The van der Waals surface area contributed by atoms with Crippen LogP contribution in [0.15, 0.2) is 34.0 Å². The van der Waals surface area contributed by atoms with Gasteiger partial charge in [0.25, 0.3) is 5.56 Å². The first kappa shape index (κ1) is 18.2. The number of aromatic nitrogens is 5. The average molecular weight is 400 g/mol. The van der Waals surface area contributed by atoms with Gasteiger partial charge in [-0.05, 0) is 38.5 Å². The Hall–Kier alpha value is -3.13. The van der Waals surface area contributed by atoms with Crippen molar-refractivity contribution >= 4 is 34.3 Å². The summed E-state index contributed by atoms with van der Waals surface area (Å²) in [5.74, 6) is 0.216. The van der Waals surface area contributed by atoms with E-state index >= 15 is 0 Å². The van der Waals surface area contributed by atoms with E-state index in [0.29, 0.717) is 10.8 Å². The summed E-state index contributed by atoms with van der Waals surface area (Å²) in [6.07, 6.45) is 1.79. The van der Waals surface area contributed by atoms with Gasteiger partial charge in [0.2, 0.25) is 5.78 Å². The summed E-state index contributed by atoms with van der Waals surface area (Å²) in [5.41, 5.74) is 1.96. The van der Waals surface area contributed by atoms with Crippen molar-refractivity contribution in [1.29, 1.82) is 0 Å². The lowest BCUT2D eigenvalue weighted by atomic mass is 10.2. The van der Waals surface area contributed by atoms with Crippen LogP contribution < -0.4 is 11.2 Å². The van der Waals surface area contributed by atoms with E-state index < -0.39 is 11.2 Å². The molecule has 4 rings (SSSR count). The second kappa shape index (κ2) is 6.20. The lowest BCUT2D eigenvalue weighted by molar-refractivity contribution is -0.117. The number of halogens is 1. The van der Waals surface area contributed by atoms with Crippen LogP contribution in [0.2, 0.25) is 5.02 Å². The minimum Gasteiger partial charge on any atom is -0.298 e. The molecule has 0 atom stereocenters. The molecule has 0 radical (unpaired) electrons. The van der Waals surface area contributed by atoms with Gasteiger partial charge in [0.05, 0.1) is 12.2 Å². The second-order valence-corrected chi connectivity index (χ2v) is 7.29. The highest BCUT2D eigenvalue weighted by Gasteiger charge is 2.21. The molecule has 28 heavy (non-hydrogen) atoms. The standard InChI is InChI=1S/C19H18ClN5O3/c1-10-8-23-15-16(22(4)19(28)24(17(15)27)9-11(2)26)21-18(23)25(10)14-7-5-6-13(20)12(14)3/h5-8H,9H2,1-4H3. The van der Waals surface area contributed by atoms with Gasteiger partial charge in [-0.1, -0.05) is 17.7 Å². The molecule has 0 unspecified atom stereocenters. The minimum absolute atomic E-state index is 0.250. The summed E-state index contributed by atoms with van der Waals surface area (Å²) >= 11 is 6.28. The Morgan fingerprint density at radius 2 is 1.93 bits per heavy atom. The molecule has 0 amide bonds. The second-order valence-electron chi connectivity index (χ2n) is 6.88. The molecule has 0 aliphatic rings. The fourth-order valence-corrected chi connectivity index (χ4v) is 3.68. The molecule has 1 aromatic carbocycles. The van der Waals surface area contributed by atoms with Gasteiger partial charge in [0, 0.05) is 24.0 Å². The van der Waals surface area contributed by atoms with Crippen molar-refractivity contribution < 1.29 is 4.79 Å². The Labute approximate surface area is 164 Å². The minimum atomic E-state index is -0.573. The Morgan fingerprint density at radius 1 is 1.21 bits per heavy atom. The molecule has 0 aliphatic heterocycles. The average Bonchev–Trinajstić information content (AvgIpc) is 3.14. The first-order valence-electron chi connectivity index (χ1n) is 8.67. The van der Waals surface area contributed by atoms with Gasteiger partial charge in [-0.15, -0.1) is 0 Å². The molecular formula is C19H18ClN5O3. The van der Waals surface area contributed by atoms with Crippen LogP contribution in [0.4, 0.5) is 0 Å². The third kappa shape index (κ3) is 2.45. The Kier molecular flexibility index (Phi) is 4.04. The van der Waals surface area contributed by atoms with Crippen molar-refractivity contribution in [3.05, 3.63) is 61.5 Å². The molecule has 0 N–H and O–H groups in total. The maximum absolute atomic E-state index is 13.0. The summed E-state index contributed by atoms with van der Waals surface area (Å²) < 4.78 is 5.77. The molecule has 4 aromatic rings. The van der Waals surface area contributed by atoms with E-state index in [4.69, 9.17) is 11.6 Å². The van der Waals surface area contributed by atoms with Gasteiger partial charge < -0.3 is 0 Å². The zero-order chi connectivity index (χ0) is 20.3. The van der Waals surface area contributed by atoms with Crippen LogP contribution in [0.5, 0.6) is 0 Å². The number of fused-ring (bicyclic) bond motifs is 3. The Bertz CT molecular complexity index is 1400. The largest absolute Gasteiger partial charge is 0.332 e. The molecule has 0 saturated heterocycles. The van der Waals surface area contributed by atoms with Crippen LogP contribution in [0.1, 0.15) is 18.2 Å². The number of hydrogen-bond acceptors (Lipinski definition) is 4. The lowest BCUT2D eigenvalue weighted by Gasteiger charge is -2.10. The molecule has 8 nitrogen and oxygen atoms in total. The quantitative estimate of drug-likeness (QED) is 0.527. The van der Waals surface area contributed by atoms with Crippen molar-refractivity contribution in [2.24, 2.45) is 7.05 Å². The van der Waals surface area contributed by atoms with Crippen molar-refractivity contribution in [2.75, 3.05) is 0 Å². The molecule has 0 bridgehead atoms. The fraction of sp³-hybridized carbons (Fsp3) is 0.263. The number of Topliss-reactive ketones (excluding diaryl/α,β-unsaturated/α-hetero) is 1. The van der Waals surface area contributed by atoms with E-state index in [0.717, 1.165) is 21.5 Å². The van der Waals surface area contributed by atoms with Crippen molar-refractivity contribution in [2.45, 2.75) is 27.3 Å². The maximum atomic E-state index is 13.0. The van der Waals surface area contributed by atoms with Crippen LogP contribution in [0.25, 0.3) is 22.6 Å². The molecule has 0 fully saturated rings. The zero-order valence-electron chi connectivity index (χ0n) is 15.9. The van der Waals surface area contributed by atoms with E-state index in [9.17, 15) is 14.4 Å². The van der Waals surface area contributed by atoms with Crippen LogP contribution in [0.3, 0.4) is 0 Å². The van der Waals surface area contributed by atoms with Gasteiger partial charge in [0.1, 0.15) is 5.78 Å². The molecular weight excluding hydrogens is 382 g/mol. The number of ketones is 1. The van der Waals surface area contributed by atoms with Crippen molar-refractivity contribution in [1.82, 2.24) is 23.1 Å². The summed E-state index contributed by atoms with van der Waals surface area (Å²) in [6.45, 7) is 4.87. The van der Waals surface area contributed by atoms with E-state index in [1.54, 1.807) is 10.6 Å². The smallest absolute Gasteiger partial charge is 0.298 e. The van der Waals surface area contributed by atoms with E-state index in [1.165, 1.54) is 18.5 Å². The molecule has 9 heteroatoms. The normalized spacial score (nSPS) is 11.6. The number of aryl methyl sites for hydroxylation is 2. The SMILES string of the molecule is CC(=O)Cn1c(=O)c2c(nc3n(-c4cccc(Cl)c4C)c(C)cn23)n(C)c1=O. The van der Waals surface area contributed by atoms with Crippen LogP contribution >= 0.6 is 11.6 Å². The van der Waals surface area contributed by atoms with Gasteiger partial charge in [-0.3, -0.25) is 27.7 Å². The molecule has 3 aromatic heterocycles. The van der Waals surface area contributed by atoms with Gasteiger partial charge in [-0.2, -0.15) is 4.98 Å². The Balaban J connectivity index is 2.16. The number of carbonyl (C=O) groups excluding carboxylic acids is 1. The van der Waals surface area contributed by atoms with E-state index in [2.05, 4.69) is 4.98 Å². The zero-order valence-corrected chi connectivity index (χ0v) is 16.6. The number of hydrogen-bond donors (Lipinski definition) is 0. The molecule has 0 saturated carbocycles. The highest BCUT2D eigenvalue weighted by Crippen LogP contribution is 2.26. The van der Waals surface area contributed by atoms with Gasteiger partial charge in [0.15, 0.2) is 11.2 Å². The van der Waals surface area contributed by atoms with Crippen LogP contribution in [-0.2, 0) is 18.4 Å². The predicted molar refractivity (Wildman–Crippen MR) is 107 cm³/mol. The number of rotatable bonds is 3. The summed E-state index contributed by atoms with van der Waals surface area (Å²) in [7, 11) is 1.54. The van der Waals surface area contributed by atoms with Crippen LogP contribution in [0, 0.1) is 13.8 Å². The highest BCUT2D eigenvalue weighted by atomic mass is 35.5. The van der Waals surface area contributed by atoms with Crippen molar-refractivity contribution in [3.8, 4) is 5.69 Å². The first-order valence-corrected chi connectivity index (χ1v) is 9.05. The third-order valence-electron chi connectivity index (χ3n) is 4.89. The molecule has 3 heterocycles. The third-order valence-corrected chi connectivity index (χ3v) is 5.30. The summed E-state index contributed by atoms with van der Waals surface area (Å²) in [6, 6.07) is 5.57. The summed E-state index contributed by atoms with van der Waals surface area (Å²) in [5, 5.41) is 0.621. The fourth-order valence-electron chi connectivity index (χ4n) is 3.51.